The smallest absolute Gasteiger partial charge is 0.127 e. The molecule has 0 amide bonds. The van der Waals surface area contributed by atoms with E-state index in [1.165, 1.54) is 5.57 Å². The third-order valence-electron chi connectivity index (χ3n) is 3.63. The highest BCUT2D eigenvalue weighted by atomic mass is 35.5. The van der Waals surface area contributed by atoms with Crippen LogP contribution in [0.3, 0.4) is 0 Å². The molecule has 1 atom stereocenters. The Bertz CT molecular complexity index is 527. The van der Waals surface area contributed by atoms with Crippen LogP contribution in [0.15, 0.2) is 23.8 Å². The molecule has 20 heavy (non-hydrogen) atoms. The van der Waals surface area contributed by atoms with Crippen LogP contribution < -0.4 is 10.1 Å². The van der Waals surface area contributed by atoms with E-state index in [4.69, 9.17) is 16.3 Å². The number of thioether (sulfide) groups is 1. The van der Waals surface area contributed by atoms with E-state index in [2.05, 4.69) is 11.4 Å². The molecule has 0 aromatic heterocycles. The van der Waals surface area contributed by atoms with Gasteiger partial charge in [-0.15, -0.1) is 0 Å². The molecule has 108 valence electrons. The summed E-state index contributed by atoms with van der Waals surface area (Å²) in [6.45, 7) is 1.97. The standard InChI is InChI=1S/C15H18ClNO2S/c16-13-1-2-14-12(6-13)5-11(8-19-14)7-17-9-15(18)3-4-20-10-15/h1-2,5-6,17-18H,3-4,7-10H2. The minimum Gasteiger partial charge on any atom is -0.489 e. The van der Waals surface area contributed by atoms with Crippen LogP contribution in [0.4, 0.5) is 0 Å². The zero-order valence-corrected chi connectivity index (χ0v) is 12.8. The van der Waals surface area contributed by atoms with E-state index in [0.717, 1.165) is 40.8 Å². The number of benzene rings is 1. The lowest BCUT2D eigenvalue weighted by Crippen LogP contribution is -2.41. The third-order valence-corrected chi connectivity index (χ3v) is 5.10. The lowest BCUT2D eigenvalue weighted by atomic mass is 10.0. The Labute approximate surface area is 128 Å². The summed E-state index contributed by atoms with van der Waals surface area (Å²) >= 11 is 7.81. The van der Waals surface area contributed by atoms with E-state index in [1.807, 2.05) is 30.0 Å². The van der Waals surface area contributed by atoms with Crippen molar-refractivity contribution < 1.29 is 9.84 Å². The number of aliphatic hydroxyl groups is 1. The molecule has 1 saturated heterocycles. The van der Waals surface area contributed by atoms with Gasteiger partial charge >= 0.3 is 0 Å². The average Bonchev–Trinajstić information content (AvgIpc) is 2.85. The van der Waals surface area contributed by atoms with Gasteiger partial charge in [-0.1, -0.05) is 11.6 Å². The molecule has 0 radical (unpaired) electrons. The third kappa shape index (κ3) is 3.31. The minimum atomic E-state index is -0.540. The maximum absolute atomic E-state index is 10.3. The van der Waals surface area contributed by atoms with Crippen LogP contribution in [0, 0.1) is 0 Å². The Balaban J connectivity index is 1.58. The molecular weight excluding hydrogens is 294 g/mol. The fourth-order valence-electron chi connectivity index (χ4n) is 2.49. The van der Waals surface area contributed by atoms with Crippen LogP contribution >= 0.6 is 23.4 Å². The Morgan fingerprint density at radius 1 is 1.45 bits per heavy atom. The van der Waals surface area contributed by atoms with E-state index < -0.39 is 5.60 Å². The molecule has 1 fully saturated rings. The number of rotatable bonds is 4. The van der Waals surface area contributed by atoms with Gasteiger partial charge in [-0.25, -0.2) is 0 Å². The van der Waals surface area contributed by atoms with Gasteiger partial charge in [0.15, 0.2) is 0 Å². The molecule has 2 aliphatic heterocycles. The SMILES string of the molecule is OC1(CNCC2=Cc3cc(Cl)ccc3OC2)CCSC1. The average molecular weight is 312 g/mol. The normalized spacial score (nSPS) is 25.0. The molecule has 1 aromatic rings. The Morgan fingerprint density at radius 3 is 3.15 bits per heavy atom. The second-order valence-electron chi connectivity index (χ2n) is 5.40. The van der Waals surface area contributed by atoms with E-state index >= 15 is 0 Å². The van der Waals surface area contributed by atoms with Gasteiger partial charge in [-0.05, 0) is 42.0 Å². The van der Waals surface area contributed by atoms with Gasteiger partial charge in [-0.3, -0.25) is 0 Å². The van der Waals surface area contributed by atoms with Gasteiger partial charge in [0, 0.05) is 29.4 Å². The van der Waals surface area contributed by atoms with Crippen molar-refractivity contribution in [2.24, 2.45) is 0 Å². The van der Waals surface area contributed by atoms with Gasteiger partial charge in [0.1, 0.15) is 12.4 Å². The summed E-state index contributed by atoms with van der Waals surface area (Å²) in [7, 11) is 0. The van der Waals surface area contributed by atoms with E-state index in [0.29, 0.717) is 13.2 Å². The highest BCUT2D eigenvalue weighted by Crippen LogP contribution is 2.29. The first-order chi connectivity index (χ1) is 9.65. The van der Waals surface area contributed by atoms with Gasteiger partial charge in [0.05, 0.1) is 5.60 Å². The largest absolute Gasteiger partial charge is 0.489 e. The number of hydrogen-bond acceptors (Lipinski definition) is 4. The second kappa shape index (κ2) is 5.98. The van der Waals surface area contributed by atoms with Crippen LogP contribution in [0.25, 0.3) is 6.08 Å². The predicted octanol–water partition coefficient (Wildman–Crippen LogP) is 2.57. The van der Waals surface area contributed by atoms with Crippen molar-refractivity contribution in [3.63, 3.8) is 0 Å². The maximum Gasteiger partial charge on any atom is 0.127 e. The van der Waals surface area contributed by atoms with Crippen LogP contribution in [-0.4, -0.2) is 41.9 Å². The number of ether oxygens (including phenoxy) is 1. The van der Waals surface area contributed by atoms with Crippen LogP contribution in [0.2, 0.25) is 5.02 Å². The summed E-state index contributed by atoms with van der Waals surface area (Å²) in [6.07, 6.45) is 2.99. The van der Waals surface area contributed by atoms with Crippen molar-refractivity contribution in [2.45, 2.75) is 12.0 Å². The summed E-state index contributed by atoms with van der Waals surface area (Å²) < 4.78 is 5.71. The van der Waals surface area contributed by atoms with Gasteiger partial charge in [-0.2, -0.15) is 11.8 Å². The lowest BCUT2D eigenvalue weighted by Gasteiger charge is -2.23. The molecule has 2 aliphatic rings. The Morgan fingerprint density at radius 2 is 2.35 bits per heavy atom. The molecule has 1 unspecified atom stereocenters. The quantitative estimate of drug-likeness (QED) is 0.897. The van der Waals surface area contributed by atoms with Crippen LogP contribution in [-0.2, 0) is 0 Å². The summed E-state index contributed by atoms with van der Waals surface area (Å²) in [5.41, 5.74) is 1.66. The van der Waals surface area contributed by atoms with Gasteiger partial charge in [0.25, 0.3) is 0 Å². The first kappa shape index (κ1) is 14.3. The molecule has 5 heteroatoms. The highest BCUT2D eigenvalue weighted by molar-refractivity contribution is 7.99. The van der Waals surface area contributed by atoms with Gasteiger partial charge in [0.2, 0.25) is 0 Å². The molecule has 0 spiro atoms. The number of hydrogen-bond donors (Lipinski definition) is 2. The second-order valence-corrected chi connectivity index (χ2v) is 6.95. The number of halogens is 1. The van der Waals surface area contributed by atoms with E-state index in [1.54, 1.807) is 0 Å². The van der Waals surface area contributed by atoms with E-state index in [-0.39, 0.29) is 0 Å². The van der Waals surface area contributed by atoms with Gasteiger partial charge < -0.3 is 15.2 Å². The topological polar surface area (TPSA) is 41.5 Å². The van der Waals surface area contributed by atoms with Crippen molar-refractivity contribution in [1.82, 2.24) is 5.32 Å². The first-order valence-corrected chi connectivity index (χ1v) is 8.31. The molecule has 0 bridgehead atoms. The highest BCUT2D eigenvalue weighted by Gasteiger charge is 2.31. The molecule has 0 aliphatic carbocycles. The Kier molecular flexibility index (Phi) is 4.26. The summed E-state index contributed by atoms with van der Waals surface area (Å²) in [4.78, 5) is 0. The number of nitrogens with one attached hydrogen (secondary N) is 1. The predicted molar refractivity (Wildman–Crippen MR) is 84.7 cm³/mol. The fourth-order valence-corrected chi connectivity index (χ4v) is 3.96. The van der Waals surface area contributed by atoms with Crippen LogP contribution in [0.5, 0.6) is 5.75 Å². The first-order valence-electron chi connectivity index (χ1n) is 6.77. The summed E-state index contributed by atoms with van der Waals surface area (Å²) in [5, 5.41) is 14.3. The fraction of sp³-hybridized carbons (Fsp3) is 0.467. The van der Waals surface area contributed by atoms with Crippen molar-refractivity contribution >= 4 is 29.4 Å². The Hall–Kier alpha value is -0.680. The monoisotopic (exact) mass is 311 g/mol. The lowest BCUT2D eigenvalue weighted by molar-refractivity contribution is 0.0685. The zero-order chi connectivity index (χ0) is 14.0. The molecule has 2 N–H and O–H groups in total. The molecular formula is C15H18ClNO2S. The molecule has 2 heterocycles. The minimum absolute atomic E-state index is 0.540. The van der Waals surface area contributed by atoms with Crippen molar-refractivity contribution in [2.75, 3.05) is 31.2 Å². The molecule has 1 aromatic carbocycles. The molecule has 3 rings (SSSR count). The van der Waals surface area contributed by atoms with Crippen molar-refractivity contribution in [1.29, 1.82) is 0 Å². The molecule has 3 nitrogen and oxygen atoms in total. The van der Waals surface area contributed by atoms with Crippen molar-refractivity contribution in [3.05, 3.63) is 34.4 Å². The number of fused-ring (bicyclic) bond motifs is 1. The van der Waals surface area contributed by atoms with E-state index in [9.17, 15) is 5.11 Å². The zero-order valence-electron chi connectivity index (χ0n) is 11.2. The molecule has 0 saturated carbocycles. The van der Waals surface area contributed by atoms with Crippen molar-refractivity contribution in [3.8, 4) is 5.75 Å². The summed E-state index contributed by atoms with van der Waals surface area (Å²) in [5.74, 6) is 2.76. The summed E-state index contributed by atoms with van der Waals surface area (Å²) in [6, 6.07) is 5.65. The van der Waals surface area contributed by atoms with Crippen LogP contribution in [0.1, 0.15) is 12.0 Å². The maximum atomic E-state index is 10.3.